The standard InChI is InChI=1S/C10H16ClN3S/c1-15-6-4-2-3-5-13-10-8-12-7-9(11)14-10/h7-8H,2-6H2,1H3,(H,13,14). The fourth-order valence-corrected chi connectivity index (χ4v) is 1.83. The van der Waals surface area contributed by atoms with Gasteiger partial charge in [0.25, 0.3) is 0 Å². The second kappa shape index (κ2) is 7.77. The van der Waals surface area contributed by atoms with Crippen molar-refractivity contribution in [3.63, 3.8) is 0 Å². The van der Waals surface area contributed by atoms with Crippen molar-refractivity contribution in [2.75, 3.05) is 23.9 Å². The van der Waals surface area contributed by atoms with Gasteiger partial charge in [-0.2, -0.15) is 11.8 Å². The molecule has 1 aromatic heterocycles. The van der Waals surface area contributed by atoms with E-state index in [0.29, 0.717) is 5.15 Å². The molecule has 0 atom stereocenters. The first-order valence-electron chi connectivity index (χ1n) is 5.03. The Kier molecular flexibility index (Phi) is 6.52. The van der Waals surface area contributed by atoms with Crippen LogP contribution in [0.2, 0.25) is 5.15 Å². The molecule has 1 rings (SSSR count). The Morgan fingerprint density at radius 2 is 2.20 bits per heavy atom. The molecule has 0 unspecified atom stereocenters. The van der Waals surface area contributed by atoms with Crippen LogP contribution >= 0.6 is 23.4 Å². The largest absolute Gasteiger partial charge is 0.369 e. The molecule has 0 aliphatic rings. The van der Waals surface area contributed by atoms with Gasteiger partial charge < -0.3 is 5.32 Å². The lowest BCUT2D eigenvalue weighted by molar-refractivity contribution is 0.748. The van der Waals surface area contributed by atoms with E-state index in [9.17, 15) is 0 Å². The summed E-state index contributed by atoms with van der Waals surface area (Å²) >= 11 is 7.61. The zero-order valence-electron chi connectivity index (χ0n) is 8.87. The van der Waals surface area contributed by atoms with Crippen LogP contribution in [0.25, 0.3) is 0 Å². The molecule has 0 aliphatic carbocycles. The van der Waals surface area contributed by atoms with Gasteiger partial charge in [-0.15, -0.1) is 0 Å². The van der Waals surface area contributed by atoms with E-state index in [0.717, 1.165) is 18.8 Å². The Balaban J connectivity index is 2.10. The summed E-state index contributed by atoms with van der Waals surface area (Å²) in [5, 5.41) is 3.63. The highest BCUT2D eigenvalue weighted by Gasteiger charge is 1.95. The monoisotopic (exact) mass is 245 g/mol. The third-order valence-corrected chi connectivity index (χ3v) is 2.82. The second-order valence-electron chi connectivity index (χ2n) is 3.21. The maximum atomic E-state index is 5.71. The van der Waals surface area contributed by atoms with Crippen molar-refractivity contribution in [2.45, 2.75) is 19.3 Å². The van der Waals surface area contributed by atoms with E-state index in [1.807, 2.05) is 11.8 Å². The van der Waals surface area contributed by atoms with Gasteiger partial charge in [-0.3, -0.25) is 4.98 Å². The molecule has 3 nitrogen and oxygen atoms in total. The number of thioether (sulfide) groups is 1. The van der Waals surface area contributed by atoms with Gasteiger partial charge in [-0.05, 0) is 24.9 Å². The highest BCUT2D eigenvalue weighted by Crippen LogP contribution is 2.07. The van der Waals surface area contributed by atoms with Gasteiger partial charge in [0.1, 0.15) is 11.0 Å². The molecular weight excluding hydrogens is 230 g/mol. The molecule has 0 saturated carbocycles. The van der Waals surface area contributed by atoms with Crippen LogP contribution in [0, 0.1) is 0 Å². The minimum absolute atomic E-state index is 0.433. The molecule has 1 aromatic rings. The molecule has 84 valence electrons. The van der Waals surface area contributed by atoms with Crippen molar-refractivity contribution in [1.29, 1.82) is 0 Å². The van der Waals surface area contributed by atoms with Crippen molar-refractivity contribution in [1.82, 2.24) is 9.97 Å². The Labute approximate surface area is 100 Å². The van der Waals surface area contributed by atoms with Crippen LogP contribution in [-0.2, 0) is 0 Å². The maximum Gasteiger partial charge on any atom is 0.149 e. The second-order valence-corrected chi connectivity index (χ2v) is 4.58. The summed E-state index contributed by atoms with van der Waals surface area (Å²) in [4.78, 5) is 8.05. The zero-order chi connectivity index (χ0) is 10.9. The molecule has 15 heavy (non-hydrogen) atoms. The summed E-state index contributed by atoms with van der Waals surface area (Å²) in [6, 6.07) is 0. The Bertz CT molecular complexity index is 283. The molecule has 5 heteroatoms. The third-order valence-electron chi connectivity index (χ3n) is 1.94. The molecule has 0 aliphatic heterocycles. The summed E-state index contributed by atoms with van der Waals surface area (Å²) in [6.45, 7) is 0.934. The normalized spacial score (nSPS) is 10.3. The Morgan fingerprint density at radius 3 is 2.93 bits per heavy atom. The summed E-state index contributed by atoms with van der Waals surface area (Å²) in [7, 11) is 0. The highest BCUT2D eigenvalue weighted by atomic mass is 35.5. The number of hydrogen-bond acceptors (Lipinski definition) is 4. The minimum atomic E-state index is 0.433. The highest BCUT2D eigenvalue weighted by molar-refractivity contribution is 7.98. The van der Waals surface area contributed by atoms with Crippen LogP contribution < -0.4 is 5.32 Å². The van der Waals surface area contributed by atoms with E-state index >= 15 is 0 Å². The smallest absolute Gasteiger partial charge is 0.149 e. The van der Waals surface area contributed by atoms with E-state index < -0.39 is 0 Å². The van der Waals surface area contributed by atoms with E-state index in [-0.39, 0.29) is 0 Å². The minimum Gasteiger partial charge on any atom is -0.369 e. The molecular formula is C10H16ClN3S. The van der Waals surface area contributed by atoms with Crippen molar-refractivity contribution in [3.8, 4) is 0 Å². The van der Waals surface area contributed by atoms with Crippen LogP contribution in [0.1, 0.15) is 19.3 Å². The number of unbranched alkanes of at least 4 members (excludes halogenated alkanes) is 2. The molecule has 0 amide bonds. The average Bonchev–Trinajstić information content (AvgIpc) is 2.23. The van der Waals surface area contributed by atoms with Crippen molar-refractivity contribution in [3.05, 3.63) is 17.5 Å². The van der Waals surface area contributed by atoms with Gasteiger partial charge in [0.05, 0.1) is 12.4 Å². The molecule has 0 saturated heterocycles. The SMILES string of the molecule is CSCCCCCNc1cncc(Cl)n1. The van der Waals surface area contributed by atoms with Crippen LogP contribution in [0.3, 0.4) is 0 Å². The third kappa shape index (κ3) is 5.85. The first-order valence-corrected chi connectivity index (χ1v) is 6.80. The van der Waals surface area contributed by atoms with Crippen molar-refractivity contribution in [2.24, 2.45) is 0 Å². The first kappa shape index (κ1) is 12.6. The predicted molar refractivity (Wildman–Crippen MR) is 67.8 cm³/mol. The first-order chi connectivity index (χ1) is 7.33. The lowest BCUT2D eigenvalue weighted by atomic mass is 10.2. The van der Waals surface area contributed by atoms with Crippen LogP contribution in [0.15, 0.2) is 12.4 Å². The lowest BCUT2D eigenvalue weighted by Crippen LogP contribution is -2.03. The molecule has 1 N–H and O–H groups in total. The molecule has 0 aromatic carbocycles. The number of nitrogens with one attached hydrogen (secondary N) is 1. The fraction of sp³-hybridized carbons (Fsp3) is 0.600. The van der Waals surface area contributed by atoms with Gasteiger partial charge in [0.15, 0.2) is 0 Å². The quantitative estimate of drug-likeness (QED) is 0.750. The number of hydrogen-bond donors (Lipinski definition) is 1. The molecule has 1 heterocycles. The summed E-state index contributed by atoms with van der Waals surface area (Å²) in [5.74, 6) is 2.00. The number of rotatable bonds is 7. The number of nitrogens with zero attached hydrogens (tertiary/aromatic N) is 2. The maximum absolute atomic E-state index is 5.71. The van der Waals surface area contributed by atoms with E-state index in [4.69, 9.17) is 11.6 Å². The Hall–Kier alpha value is -0.480. The summed E-state index contributed by atoms with van der Waals surface area (Å²) < 4.78 is 0. The topological polar surface area (TPSA) is 37.8 Å². The van der Waals surface area contributed by atoms with Crippen LogP contribution in [0.4, 0.5) is 5.82 Å². The summed E-state index contributed by atoms with van der Waals surface area (Å²) in [6.07, 6.45) is 9.06. The van der Waals surface area contributed by atoms with Gasteiger partial charge >= 0.3 is 0 Å². The van der Waals surface area contributed by atoms with Crippen LogP contribution in [0.5, 0.6) is 0 Å². The van der Waals surface area contributed by atoms with Gasteiger partial charge in [-0.1, -0.05) is 18.0 Å². The molecule has 0 fully saturated rings. The number of aromatic nitrogens is 2. The number of halogens is 1. The van der Waals surface area contributed by atoms with Crippen LogP contribution in [-0.4, -0.2) is 28.5 Å². The molecule has 0 bridgehead atoms. The predicted octanol–water partition coefficient (Wildman–Crippen LogP) is 3.08. The molecule has 0 radical (unpaired) electrons. The van der Waals surface area contributed by atoms with E-state index in [1.54, 1.807) is 6.20 Å². The molecule has 0 spiro atoms. The van der Waals surface area contributed by atoms with Gasteiger partial charge in [0, 0.05) is 6.54 Å². The number of anilines is 1. The zero-order valence-corrected chi connectivity index (χ0v) is 10.4. The van der Waals surface area contributed by atoms with Crippen molar-refractivity contribution >= 4 is 29.2 Å². The fourth-order valence-electron chi connectivity index (χ4n) is 1.19. The van der Waals surface area contributed by atoms with E-state index in [1.165, 1.54) is 24.8 Å². The van der Waals surface area contributed by atoms with Gasteiger partial charge in [-0.25, -0.2) is 4.98 Å². The Morgan fingerprint density at radius 1 is 1.33 bits per heavy atom. The van der Waals surface area contributed by atoms with Gasteiger partial charge in [0.2, 0.25) is 0 Å². The summed E-state index contributed by atoms with van der Waals surface area (Å²) in [5.41, 5.74) is 0. The average molecular weight is 246 g/mol. The van der Waals surface area contributed by atoms with E-state index in [2.05, 4.69) is 21.5 Å². The lowest BCUT2D eigenvalue weighted by Gasteiger charge is -2.04. The van der Waals surface area contributed by atoms with Crippen molar-refractivity contribution < 1.29 is 0 Å².